The Morgan fingerprint density at radius 3 is 2.65 bits per heavy atom. The van der Waals surface area contributed by atoms with Crippen molar-refractivity contribution in [3.05, 3.63) is 11.4 Å². The van der Waals surface area contributed by atoms with Gasteiger partial charge >= 0.3 is 5.97 Å². The van der Waals surface area contributed by atoms with Crippen molar-refractivity contribution in [1.29, 1.82) is 0 Å². The number of aromatic nitrogens is 3. The highest BCUT2D eigenvalue weighted by molar-refractivity contribution is 5.88. The molecule has 1 aromatic rings. The smallest absolute Gasteiger partial charge is 0.361 e. The molecule has 1 rings (SSSR count). The third-order valence-corrected chi connectivity index (χ3v) is 2.08. The third-order valence-electron chi connectivity index (χ3n) is 2.08. The Morgan fingerprint density at radius 1 is 1.47 bits per heavy atom. The number of rotatable bonds is 4. The topological polar surface area (TPSA) is 57.0 Å². The SMILES string of the molecule is Cc1c(C(=O)OC(C)(C)C)nnn1CCCF. The van der Waals surface area contributed by atoms with Crippen LogP contribution in [0, 0.1) is 6.92 Å². The molecule has 0 bridgehead atoms. The summed E-state index contributed by atoms with van der Waals surface area (Å²) in [5, 5.41) is 7.57. The number of carbonyl (C=O) groups is 1. The van der Waals surface area contributed by atoms with Crippen LogP contribution in [0.4, 0.5) is 4.39 Å². The van der Waals surface area contributed by atoms with Crippen LogP contribution in [-0.2, 0) is 11.3 Å². The molecule has 0 radical (unpaired) electrons. The third kappa shape index (κ3) is 3.80. The summed E-state index contributed by atoms with van der Waals surface area (Å²) < 4.78 is 18.8. The first kappa shape index (κ1) is 13.6. The standard InChI is InChI=1S/C11H18FN3O2/c1-8-9(10(16)17-11(2,3)4)13-14-15(8)7-5-6-12/h5-7H2,1-4H3. The lowest BCUT2D eigenvalue weighted by Crippen LogP contribution is -2.24. The highest BCUT2D eigenvalue weighted by Gasteiger charge is 2.23. The van der Waals surface area contributed by atoms with E-state index < -0.39 is 18.2 Å². The van der Waals surface area contributed by atoms with Gasteiger partial charge in [0.2, 0.25) is 0 Å². The van der Waals surface area contributed by atoms with Gasteiger partial charge in [-0.1, -0.05) is 5.21 Å². The van der Waals surface area contributed by atoms with Crippen LogP contribution >= 0.6 is 0 Å². The summed E-state index contributed by atoms with van der Waals surface area (Å²) in [4.78, 5) is 11.8. The first-order chi connectivity index (χ1) is 7.85. The molecule has 6 heteroatoms. The number of aryl methyl sites for hydroxylation is 1. The van der Waals surface area contributed by atoms with E-state index in [4.69, 9.17) is 4.74 Å². The highest BCUT2D eigenvalue weighted by atomic mass is 19.1. The molecule has 1 heterocycles. The summed E-state index contributed by atoms with van der Waals surface area (Å²) in [5.74, 6) is -0.499. The van der Waals surface area contributed by atoms with Crippen LogP contribution in [0.15, 0.2) is 0 Å². The van der Waals surface area contributed by atoms with Crippen LogP contribution in [0.3, 0.4) is 0 Å². The lowest BCUT2D eigenvalue weighted by Gasteiger charge is -2.18. The molecule has 0 aliphatic rings. The molecule has 0 atom stereocenters. The van der Waals surface area contributed by atoms with Crippen LogP contribution < -0.4 is 0 Å². The fourth-order valence-corrected chi connectivity index (χ4v) is 1.30. The van der Waals surface area contributed by atoms with Gasteiger partial charge in [-0.05, 0) is 34.1 Å². The lowest BCUT2D eigenvalue weighted by molar-refractivity contribution is 0.00619. The van der Waals surface area contributed by atoms with E-state index >= 15 is 0 Å². The molecule has 1 aromatic heterocycles. The molecule has 0 aliphatic heterocycles. The van der Waals surface area contributed by atoms with Gasteiger partial charge in [0.25, 0.3) is 0 Å². The Kier molecular flexibility index (Phi) is 4.20. The van der Waals surface area contributed by atoms with Crippen molar-refractivity contribution >= 4 is 5.97 Å². The van der Waals surface area contributed by atoms with Crippen LogP contribution in [-0.4, -0.2) is 33.2 Å². The Hall–Kier alpha value is -1.46. The molecule has 0 aromatic carbocycles. The Labute approximate surface area is 100.0 Å². The fourth-order valence-electron chi connectivity index (χ4n) is 1.30. The maximum atomic E-state index is 12.0. The van der Waals surface area contributed by atoms with Gasteiger partial charge in [0.05, 0.1) is 12.4 Å². The maximum Gasteiger partial charge on any atom is 0.361 e. The van der Waals surface area contributed by atoms with Gasteiger partial charge < -0.3 is 4.74 Å². The van der Waals surface area contributed by atoms with Crippen molar-refractivity contribution in [2.24, 2.45) is 0 Å². The monoisotopic (exact) mass is 243 g/mol. The van der Waals surface area contributed by atoms with Crippen molar-refractivity contribution < 1.29 is 13.9 Å². The highest BCUT2D eigenvalue weighted by Crippen LogP contribution is 2.13. The molecule has 0 unspecified atom stereocenters. The number of hydrogen-bond acceptors (Lipinski definition) is 4. The van der Waals surface area contributed by atoms with Crippen LogP contribution in [0.5, 0.6) is 0 Å². The normalized spacial score (nSPS) is 11.6. The largest absolute Gasteiger partial charge is 0.455 e. The van der Waals surface area contributed by atoms with Gasteiger partial charge in [-0.15, -0.1) is 5.10 Å². The molecule has 0 N–H and O–H groups in total. The second-order valence-corrected chi connectivity index (χ2v) is 4.79. The van der Waals surface area contributed by atoms with Crippen molar-refractivity contribution in [2.75, 3.05) is 6.67 Å². The zero-order valence-electron chi connectivity index (χ0n) is 10.7. The minimum atomic E-state index is -0.563. The van der Waals surface area contributed by atoms with Crippen molar-refractivity contribution in [3.63, 3.8) is 0 Å². The molecule has 0 saturated carbocycles. The number of esters is 1. The van der Waals surface area contributed by atoms with E-state index in [1.807, 2.05) is 0 Å². The fraction of sp³-hybridized carbons (Fsp3) is 0.727. The molecule has 0 saturated heterocycles. The average molecular weight is 243 g/mol. The number of ether oxygens (including phenoxy) is 1. The zero-order valence-corrected chi connectivity index (χ0v) is 10.7. The second kappa shape index (κ2) is 5.25. The van der Waals surface area contributed by atoms with E-state index in [1.165, 1.54) is 4.68 Å². The number of nitrogens with zero attached hydrogens (tertiary/aromatic N) is 3. The van der Waals surface area contributed by atoms with Gasteiger partial charge in [-0.2, -0.15) is 0 Å². The summed E-state index contributed by atoms with van der Waals surface area (Å²) in [7, 11) is 0. The molecular formula is C11H18FN3O2. The first-order valence-corrected chi connectivity index (χ1v) is 5.54. The molecule has 96 valence electrons. The number of hydrogen-bond donors (Lipinski definition) is 0. The average Bonchev–Trinajstić information content (AvgIpc) is 2.54. The van der Waals surface area contributed by atoms with Crippen molar-refractivity contribution in [1.82, 2.24) is 15.0 Å². The van der Waals surface area contributed by atoms with E-state index in [9.17, 15) is 9.18 Å². The van der Waals surface area contributed by atoms with Gasteiger partial charge in [0.1, 0.15) is 5.60 Å². The van der Waals surface area contributed by atoms with Crippen LogP contribution in [0.2, 0.25) is 0 Å². The predicted octanol–water partition coefficient (Wildman–Crippen LogP) is 1.90. The van der Waals surface area contributed by atoms with Gasteiger partial charge in [0.15, 0.2) is 5.69 Å². The van der Waals surface area contributed by atoms with Gasteiger partial charge in [0, 0.05) is 6.54 Å². The van der Waals surface area contributed by atoms with Crippen molar-refractivity contribution in [2.45, 2.75) is 46.3 Å². The predicted molar refractivity (Wildman–Crippen MR) is 60.5 cm³/mol. The minimum absolute atomic E-state index is 0.193. The molecular weight excluding hydrogens is 225 g/mol. The molecule has 0 fully saturated rings. The minimum Gasteiger partial charge on any atom is -0.455 e. The number of alkyl halides is 1. The maximum absolute atomic E-state index is 12.0. The van der Waals surface area contributed by atoms with Gasteiger partial charge in [-0.25, -0.2) is 9.48 Å². The van der Waals surface area contributed by atoms with E-state index in [0.29, 0.717) is 18.7 Å². The summed E-state index contributed by atoms with van der Waals surface area (Å²) in [6.45, 7) is 7.08. The summed E-state index contributed by atoms with van der Waals surface area (Å²) >= 11 is 0. The number of carbonyl (C=O) groups excluding carboxylic acids is 1. The molecule has 0 amide bonds. The summed E-state index contributed by atoms with van der Waals surface area (Å²) in [6.07, 6.45) is 0.359. The van der Waals surface area contributed by atoms with E-state index in [1.54, 1.807) is 27.7 Å². The van der Waals surface area contributed by atoms with Crippen LogP contribution in [0.1, 0.15) is 43.4 Å². The van der Waals surface area contributed by atoms with E-state index in [0.717, 1.165) is 0 Å². The Morgan fingerprint density at radius 2 is 2.12 bits per heavy atom. The van der Waals surface area contributed by atoms with Crippen molar-refractivity contribution in [3.8, 4) is 0 Å². The molecule has 0 spiro atoms. The second-order valence-electron chi connectivity index (χ2n) is 4.79. The zero-order chi connectivity index (χ0) is 13.1. The summed E-state index contributed by atoms with van der Waals surface area (Å²) in [5.41, 5.74) is 0.234. The summed E-state index contributed by atoms with van der Waals surface area (Å²) in [6, 6.07) is 0. The lowest BCUT2D eigenvalue weighted by atomic mass is 10.2. The van der Waals surface area contributed by atoms with Crippen LogP contribution in [0.25, 0.3) is 0 Å². The van der Waals surface area contributed by atoms with E-state index in [2.05, 4.69) is 10.3 Å². The first-order valence-electron chi connectivity index (χ1n) is 5.54. The molecule has 0 aliphatic carbocycles. The Balaban J connectivity index is 2.78. The molecule has 17 heavy (non-hydrogen) atoms. The quantitative estimate of drug-likeness (QED) is 0.758. The number of halogens is 1. The Bertz CT molecular complexity index is 396. The molecule has 5 nitrogen and oxygen atoms in total. The van der Waals surface area contributed by atoms with E-state index in [-0.39, 0.29) is 5.69 Å². The van der Waals surface area contributed by atoms with Gasteiger partial charge in [-0.3, -0.25) is 4.39 Å².